The average molecular weight is 406 g/mol. The Hall–Kier alpha value is -3.64. The number of carbonyl (C=O) groups is 1. The van der Waals surface area contributed by atoms with E-state index in [4.69, 9.17) is 20.9 Å². The predicted molar refractivity (Wildman–Crippen MR) is 111 cm³/mol. The summed E-state index contributed by atoms with van der Waals surface area (Å²) in [4.78, 5) is 16.5. The van der Waals surface area contributed by atoms with Crippen LogP contribution in [0.25, 0.3) is 22.8 Å². The molecule has 0 atom stereocenters. The van der Waals surface area contributed by atoms with Crippen LogP contribution in [0.15, 0.2) is 83.4 Å². The van der Waals surface area contributed by atoms with Crippen LogP contribution < -0.4 is 10.1 Å². The summed E-state index contributed by atoms with van der Waals surface area (Å²) in [5.74, 6) is 1.01. The number of ether oxygens (including phenoxy) is 1. The first kappa shape index (κ1) is 18.7. The molecule has 29 heavy (non-hydrogen) atoms. The number of rotatable bonds is 6. The summed E-state index contributed by atoms with van der Waals surface area (Å²) < 4.78 is 10.9. The lowest BCUT2D eigenvalue weighted by atomic mass is 10.2. The summed E-state index contributed by atoms with van der Waals surface area (Å²) in [7, 11) is 0. The van der Waals surface area contributed by atoms with Crippen molar-refractivity contribution in [1.82, 2.24) is 10.1 Å². The maximum Gasteiger partial charge on any atom is 0.262 e. The third kappa shape index (κ3) is 4.62. The fourth-order valence-electron chi connectivity index (χ4n) is 2.68. The van der Waals surface area contributed by atoms with Gasteiger partial charge in [-0.25, -0.2) is 0 Å². The van der Waals surface area contributed by atoms with Gasteiger partial charge in [-0.3, -0.25) is 4.79 Å². The van der Waals surface area contributed by atoms with Crippen LogP contribution in [-0.2, 0) is 4.79 Å². The lowest BCUT2D eigenvalue weighted by Crippen LogP contribution is -2.20. The lowest BCUT2D eigenvalue weighted by molar-refractivity contribution is -0.118. The number of carbonyl (C=O) groups excluding carboxylic acids is 1. The lowest BCUT2D eigenvalue weighted by Gasteiger charge is -2.08. The number of nitrogens with zero attached hydrogens (tertiary/aromatic N) is 2. The monoisotopic (exact) mass is 405 g/mol. The molecule has 1 amide bonds. The van der Waals surface area contributed by atoms with Gasteiger partial charge < -0.3 is 14.6 Å². The summed E-state index contributed by atoms with van der Waals surface area (Å²) in [5.41, 5.74) is 2.08. The molecular formula is C22H16ClN3O3. The van der Waals surface area contributed by atoms with Gasteiger partial charge in [-0.15, -0.1) is 0 Å². The van der Waals surface area contributed by atoms with Crippen LogP contribution in [0.5, 0.6) is 5.75 Å². The first-order chi connectivity index (χ1) is 14.2. The van der Waals surface area contributed by atoms with Crippen LogP contribution in [0, 0.1) is 0 Å². The smallest absolute Gasteiger partial charge is 0.262 e. The van der Waals surface area contributed by atoms with Gasteiger partial charge in [0.2, 0.25) is 5.82 Å². The highest BCUT2D eigenvalue weighted by atomic mass is 35.5. The van der Waals surface area contributed by atoms with E-state index in [1.165, 1.54) is 0 Å². The minimum atomic E-state index is -0.248. The Bertz CT molecular complexity index is 1130. The summed E-state index contributed by atoms with van der Waals surface area (Å²) >= 11 is 6.18. The van der Waals surface area contributed by atoms with Crippen molar-refractivity contribution in [3.8, 4) is 28.6 Å². The van der Waals surface area contributed by atoms with Crippen molar-refractivity contribution < 1.29 is 14.1 Å². The van der Waals surface area contributed by atoms with Gasteiger partial charge >= 0.3 is 0 Å². The molecule has 0 saturated heterocycles. The molecule has 1 N–H and O–H groups in total. The third-order valence-corrected chi connectivity index (χ3v) is 4.38. The zero-order chi connectivity index (χ0) is 20.1. The number of anilines is 1. The number of hydrogen-bond donors (Lipinski definition) is 1. The van der Waals surface area contributed by atoms with Crippen molar-refractivity contribution in [2.24, 2.45) is 0 Å². The minimum absolute atomic E-state index is 0.116. The number of para-hydroxylation sites is 1. The second-order valence-electron chi connectivity index (χ2n) is 6.13. The number of hydrogen-bond acceptors (Lipinski definition) is 5. The quantitative estimate of drug-likeness (QED) is 0.484. The molecule has 0 fully saturated rings. The molecule has 0 bridgehead atoms. The van der Waals surface area contributed by atoms with E-state index in [9.17, 15) is 4.79 Å². The normalized spacial score (nSPS) is 10.5. The summed E-state index contributed by atoms with van der Waals surface area (Å²) in [6, 6.07) is 23.6. The van der Waals surface area contributed by atoms with Crippen molar-refractivity contribution >= 4 is 23.2 Å². The topological polar surface area (TPSA) is 77.2 Å². The summed E-state index contributed by atoms with van der Waals surface area (Å²) in [6.45, 7) is -0.116. The number of aromatic nitrogens is 2. The zero-order valence-corrected chi connectivity index (χ0v) is 16.0. The Morgan fingerprint density at radius 3 is 2.62 bits per heavy atom. The highest BCUT2D eigenvalue weighted by Crippen LogP contribution is 2.29. The zero-order valence-electron chi connectivity index (χ0n) is 15.2. The van der Waals surface area contributed by atoms with Crippen LogP contribution in [0.1, 0.15) is 0 Å². The second-order valence-corrected chi connectivity index (χ2v) is 6.54. The van der Waals surface area contributed by atoms with Crippen LogP contribution in [0.2, 0.25) is 5.02 Å². The van der Waals surface area contributed by atoms with E-state index in [0.717, 1.165) is 0 Å². The van der Waals surface area contributed by atoms with Gasteiger partial charge in [-0.05, 0) is 36.4 Å². The Morgan fingerprint density at radius 1 is 1.00 bits per heavy atom. The highest BCUT2D eigenvalue weighted by molar-refractivity contribution is 6.33. The highest BCUT2D eigenvalue weighted by Gasteiger charge is 2.13. The molecule has 0 aliphatic carbocycles. The fourth-order valence-corrected chi connectivity index (χ4v) is 2.89. The third-order valence-electron chi connectivity index (χ3n) is 4.05. The van der Waals surface area contributed by atoms with Crippen LogP contribution in [0.3, 0.4) is 0 Å². The van der Waals surface area contributed by atoms with Crippen molar-refractivity contribution in [2.75, 3.05) is 11.9 Å². The van der Waals surface area contributed by atoms with Gasteiger partial charge in [0.1, 0.15) is 5.75 Å². The molecule has 0 unspecified atom stereocenters. The molecule has 6 nitrogen and oxygen atoms in total. The van der Waals surface area contributed by atoms with Gasteiger partial charge in [0, 0.05) is 11.3 Å². The molecule has 0 saturated carbocycles. The van der Waals surface area contributed by atoms with E-state index in [1.54, 1.807) is 24.3 Å². The summed E-state index contributed by atoms with van der Waals surface area (Å²) in [6.07, 6.45) is 0. The van der Waals surface area contributed by atoms with Crippen molar-refractivity contribution in [3.63, 3.8) is 0 Å². The van der Waals surface area contributed by atoms with E-state index in [2.05, 4.69) is 15.5 Å². The van der Waals surface area contributed by atoms with Gasteiger partial charge in [0.15, 0.2) is 6.61 Å². The van der Waals surface area contributed by atoms with E-state index < -0.39 is 0 Å². The largest absolute Gasteiger partial charge is 0.484 e. The number of halogens is 1. The predicted octanol–water partition coefficient (Wildman–Crippen LogP) is 5.07. The van der Waals surface area contributed by atoms with Crippen molar-refractivity contribution in [2.45, 2.75) is 0 Å². The Labute approximate surface area is 172 Å². The first-order valence-corrected chi connectivity index (χ1v) is 9.23. The standard InChI is InChI=1S/C22H16ClN3O3/c23-19-12-5-4-11-18(19)22-25-21(26-29-22)15-7-6-10-17(13-15)28-14-20(27)24-16-8-2-1-3-9-16/h1-13H,14H2,(H,24,27). The van der Waals surface area contributed by atoms with Crippen molar-refractivity contribution in [3.05, 3.63) is 83.9 Å². The molecule has 1 aromatic heterocycles. The van der Waals surface area contributed by atoms with Gasteiger partial charge in [-0.2, -0.15) is 4.98 Å². The molecule has 4 rings (SSSR count). The minimum Gasteiger partial charge on any atom is -0.484 e. The van der Waals surface area contributed by atoms with Crippen molar-refractivity contribution in [1.29, 1.82) is 0 Å². The fraction of sp³-hybridized carbons (Fsp3) is 0.0455. The SMILES string of the molecule is O=C(COc1cccc(-c2noc(-c3ccccc3Cl)n2)c1)Nc1ccccc1. The van der Waals surface area contributed by atoms with E-state index in [-0.39, 0.29) is 12.5 Å². The first-order valence-electron chi connectivity index (χ1n) is 8.86. The molecule has 4 aromatic rings. The molecule has 0 radical (unpaired) electrons. The maximum atomic E-state index is 12.0. The van der Waals surface area contributed by atoms with Gasteiger partial charge in [0.05, 0.1) is 10.6 Å². The van der Waals surface area contributed by atoms with E-state index in [0.29, 0.717) is 39.3 Å². The molecule has 0 aliphatic heterocycles. The van der Waals surface area contributed by atoms with E-state index in [1.807, 2.05) is 54.6 Å². The second kappa shape index (κ2) is 8.58. The van der Waals surface area contributed by atoms with E-state index >= 15 is 0 Å². The molecule has 0 aliphatic rings. The molecule has 0 spiro atoms. The average Bonchev–Trinajstić information content (AvgIpc) is 3.24. The number of nitrogens with one attached hydrogen (secondary N) is 1. The Morgan fingerprint density at radius 2 is 1.79 bits per heavy atom. The molecule has 3 aromatic carbocycles. The van der Waals surface area contributed by atoms with Gasteiger partial charge in [-0.1, -0.05) is 59.2 Å². The van der Waals surface area contributed by atoms with Crippen LogP contribution in [-0.4, -0.2) is 22.7 Å². The number of amides is 1. The summed E-state index contributed by atoms with van der Waals surface area (Å²) in [5, 5.41) is 7.32. The molecule has 1 heterocycles. The molecular weight excluding hydrogens is 390 g/mol. The molecule has 7 heteroatoms. The molecule has 144 valence electrons. The van der Waals surface area contributed by atoms with Crippen LogP contribution in [0.4, 0.5) is 5.69 Å². The van der Waals surface area contributed by atoms with Gasteiger partial charge in [0.25, 0.3) is 11.8 Å². The maximum absolute atomic E-state index is 12.0. The Balaban J connectivity index is 1.44. The van der Waals surface area contributed by atoms with Crippen LogP contribution >= 0.6 is 11.6 Å². The number of benzene rings is 3. The Kier molecular flexibility index (Phi) is 5.54.